The number of aryl methyl sites for hydroxylation is 1. The quantitative estimate of drug-likeness (QED) is 0.707. The number of hydrogen-bond donors (Lipinski definition) is 3. The molecule has 2 amide bonds. The highest BCUT2D eigenvalue weighted by molar-refractivity contribution is 6.30. The highest BCUT2D eigenvalue weighted by atomic mass is 35.5. The Morgan fingerprint density at radius 2 is 2.15 bits per heavy atom. The fourth-order valence-electron chi connectivity index (χ4n) is 1.43. The van der Waals surface area contributed by atoms with Crippen LogP contribution in [0.25, 0.3) is 0 Å². The van der Waals surface area contributed by atoms with Crippen molar-refractivity contribution in [2.75, 3.05) is 6.54 Å². The van der Waals surface area contributed by atoms with E-state index in [2.05, 4.69) is 5.32 Å². The molecule has 1 aromatic carbocycles. The number of hydrogen-bond acceptors (Lipinski definition) is 4. The van der Waals surface area contributed by atoms with Gasteiger partial charge in [0.25, 0.3) is 5.91 Å². The third-order valence-corrected chi connectivity index (χ3v) is 2.84. The first-order valence-electron chi connectivity index (χ1n) is 5.99. The predicted molar refractivity (Wildman–Crippen MR) is 74.5 cm³/mol. The van der Waals surface area contributed by atoms with Crippen LogP contribution in [-0.2, 0) is 9.59 Å². The minimum Gasteiger partial charge on any atom is -0.481 e. The van der Waals surface area contributed by atoms with E-state index in [1.807, 2.05) is 6.92 Å². The second-order valence-corrected chi connectivity index (χ2v) is 4.77. The zero-order chi connectivity index (χ0) is 15.3. The van der Waals surface area contributed by atoms with Gasteiger partial charge in [-0.25, -0.2) is 0 Å². The van der Waals surface area contributed by atoms with Gasteiger partial charge in [0.2, 0.25) is 5.91 Å². The number of nitrogens with one attached hydrogen (secondary N) is 1. The number of carbonyl (C=O) groups is 2. The van der Waals surface area contributed by atoms with E-state index < -0.39 is 24.0 Å². The normalized spacial score (nSPS) is 13.4. The Labute approximate surface area is 121 Å². The summed E-state index contributed by atoms with van der Waals surface area (Å²) in [5.74, 6) is -0.820. The fourth-order valence-corrected chi connectivity index (χ4v) is 1.66. The molecule has 7 heteroatoms. The molecule has 0 aliphatic carbocycles. The van der Waals surface area contributed by atoms with Crippen molar-refractivity contribution in [3.63, 3.8) is 0 Å². The Hall–Kier alpha value is -1.79. The molecule has 0 bridgehead atoms. The summed E-state index contributed by atoms with van der Waals surface area (Å²) in [5, 5.41) is 12.1. The number of aliphatic hydroxyl groups excluding tert-OH is 1. The van der Waals surface area contributed by atoms with E-state index in [1.54, 1.807) is 25.1 Å². The Balaban J connectivity index is 2.55. The summed E-state index contributed by atoms with van der Waals surface area (Å²) in [7, 11) is 0. The third kappa shape index (κ3) is 4.71. The zero-order valence-corrected chi connectivity index (χ0v) is 12.0. The molecule has 1 aromatic rings. The van der Waals surface area contributed by atoms with Gasteiger partial charge in [-0.15, -0.1) is 0 Å². The lowest BCUT2D eigenvalue weighted by molar-refractivity contribution is -0.129. The van der Waals surface area contributed by atoms with E-state index in [4.69, 9.17) is 22.1 Å². The number of nitrogens with two attached hydrogens (primary N) is 1. The number of ether oxygens (including phenoxy) is 1. The van der Waals surface area contributed by atoms with Crippen molar-refractivity contribution in [2.45, 2.75) is 26.1 Å². The molecular formula is C13H17ClN2O4. The highest BCUT2D eigenvalue weighted by Crippen LogP contribution is 2.22. The van der Waals surface area contributed by atoms with Crippen molar-refractivity contribution in [2.24, 2.45) is 5.73 Å². The van der Waals surface area contributed by atoms with Gasteiger partial charge in [0.15, 0.2) is 6.10 Å². The first kappa shape index (κ1) is 16.3. The third-order valence-electron chi connectivity index (χ3n) is 2.61. The van der Waals surface area contributed by atoms with E-state index in [0.29, 0.717) is 10.8 Å². The number of rotatable bonds is 6. The van der Waals surface area contributed by atoms with Gasteiger partial charge in [-0.3, -0.25) is 9.59 Å². The number of carbonyl (C=O) groups excluding carboxylic acids is 2. The van der Waals surface area contributed by atoms with Crippen LogP contribution in [0.3, 0.4) is 0 Å². The SMILES string of the molecule is Cc1cc(Cl)ccc1OC(C)C(=O)NCC(O)C(N)=O. The minimum absolute atomic E-state index is 0.249. The molecular weight excluding hydrogens is 284 g/mol. The summed E-state index contributed by atoms with van der Waals surface area (Å²) >= 11 is 5.82. The lowest BCUT2D eigenvalue weighted by atomic mass is 10.2. The van der Waals surface area contributed by atoms with Crippen molar-refractivity contribution in [1.29, 1.82) is 0 Å². The maximum absolute atomic E-state index is 11.7. The van der Waals surface area contributed by atoms with Crippen LogP contribution >= 0.6 is 11.6 Å². The van der Waals surface area contributed by atoms with E-state index >= 15 is 0 Å². The van der Waals surface area contributed by atoms with Crippen molar-refractivity contribution in [3.05, 3.63) is 28.8 Å². The molecule has 20 heavy (non-hydrogen) atoms. The number of halogens is 1. The summed E-state index contributed by atoms with van der Waals surface area (Å²) in [6, 6.07) is 5.05. The molecule has 1 rings (SSSR count). The Morgan fingerprint density at radius 1 is 1.50 bits per heavy atom. The van der Waals surface area contributed by atoms with E-state index in [9.17, 15) is 14.7 Å². The highest BCUT2D eigenvalue weighted by Gasteiger charge is 2.18. The van der Waals surface area contributed by atoms with Gasteiger partial charge in [-0.1, -0.05) is 11.6 Å². The molecule has 2 atom stereocenters. The number of amides is 2. The van der Waals surface area contributed by atoms with Gasteiger partial charge in [0, 0.05) is 5.02 Å². The molecule has 0 saturated carbocycles. The summed E-state index contributed by atoms with van der Waals surface area (Å²) in [6.07, 6.45) is -2.20. The Kier molecular flexibility index (Phi) is 5.79. The first-order chi connectivity index (χ1) is 9.31. The van der Waals surface area contributed by atoms with Crippen LogP contribution in [0.1, 0.15) is 12.5 Å². The van der Waals surface area contributed by atoms with Crippen molar-refractivity contribution >= 4 is 23.4 Å². The topological polar surface area (TPSA) is 102 Å². The van der Waals surface area contributed by atoms with Crippen molar-refractivity contribution < 1.29 is 19.4 Å². The average Bonchev–Trinajstić information content (AvgIpc) is 2.38. The molecule has 0 spiro atoms. The average molecular weight is 301 g/mol. The van der Waals surface area contributed by atoms with Gasteiger partial charge in [0.1, 0.15) is 11.9 Å². The molecule has 0 aromatic heterocycles. The Morgan fingerprint density at radius 3 is 2.70 bits per heavy atom. The van der Waals surface area contributed by atoms with E-state index in [-0.39, 0.29) is 6.54 Å². The molecule has 0 saturated heterocycles. The maximum atomic E-state index is 11.7. The minimum atomic E-state index is -1.41. The smallest absolute Gasteiger partial charge is 0.260 e. The molecule has 6 nitrogen and oxygen atoms in total. The monoisotopic (exact) mass is 300 g/mol. The van der Waals surface area contributed by atoms with E-state index in [0.717, 1.165) is 5.56 Å². The summed E-state index contributed by atoms with van der Waals surface area (Å²) in [5.41, 5.74) is 5.67. The first-order valence-corrected chi connectivity index (χ1v) is 6.37. The molecule has 110 valence electrons. The van der Waals surface area contributed by atoms with Crippen molar-refractivity contribution in [3.8, 4) is 5.75 Å². The predicted octanol–water partition coefficient (Wildman–Crippen LogP) is 0.378. The molecule has 2 unspecified atom stereocenters. The van der Waals surface area contributed by atoms with Gasteiger partial charge in [0.05, 0.1) is 6.54 Å². The van der Waals surface area contributed by atoms with Crippen molar-refractivity contribution in [1.82, 2.24) is 5.32 Å². The summed E-state index contributed by atoms with van der Waals surface area (Å²) in [4.78, 5) is 22.4. The number of benzene rings is 1. The molecule has 4 N–H and O–H groups in total. The van der Waals surface area contributed by atoms with Crippen LogP contribution in [-0.4, -0.2) is 35.7 Å². The zero-order valence-electron chi connectivity index (χ0n) is 11.2. The van der Waals surface area contributed by atoms with Gasteiger partial charge < -0.3 is 20.9 Å². The number of primary amides is 1. The second-order valence-electron chi connectivity index (χ2n) is 4.33. The van der Waals surface area contributed by atoms with Crippen LogP contribution in [0.15, 0.2) is 18.2 Å². The molecule has 0 aliphatic rings. The van der Waals surface area contributed by atoms with Gasteiger partial charge in [-0.2, -0.15) is 0 Å². The summed E-state index contributed by atoms with van der Waals surface area (Å²) < 4.78 is 5.49. The van der Waals surface area contributed by atoms with E-state index in [1.165, 1.54) is 0 Å². The molecule has 0 aliphatic heterocycles. The lowest BCUT2D eigenvalue weighted by Crippen LogP contribution is -2.44. The largest absolute Gasteiger partial charge is 0.481 e. The van der Waals surface area contributed by atoms with Crippen LogP contribution in [0.5, 0.6) is 5.75 Å². The maximum Gasteiger partial charge on any atom is 0.260 e. The van der Waals surface area contributed by atoms with Gasteiger partial charge in [-0.05, 0) is 37.6 Å². The standard InChI is InChI=1S/C13H17ClN2O4/c1-7-5-9(14)3-4-11(7)20-8(2)13(19)16-6-10(17)12(15)18/h3-5,8,10,17H,6H2,1-2H3,(H2,15,18)(H,16,19). The molecule has 0 radical (unpaired) electrons. The fraction of sp³-hybridized carbons (Fsp3) is 0.385. The van der Waals surface area contributed by atoms with Crippen LogP contribution in [0, 0.1) is 6.92 Å². The second kappa shape index (κ2) is 7.12. The van der Waals surface area contributed by atoms with Crippen LogP contribution in [0.2, 0.25) is 5.02 Å². The van der Waals surface area contributed by atoms with Crippen LogP contribution in [0.4, 0.5) is 0 Å². The Bertz CT molecular complexity index is 507. The summed E-state index contributed by atoms with van der Waals surface area (Å²) in [6.45, 7) is 3.12. The molecule has 0 heterocycles. The van der Waals surface area contributed by atoms with Crippen LogP contribution < -0.4 is 15.8 Å². The number of aliphatic hydroxyl groups is 1. The molecule has 0 fully saturated rings. The van der Waals surface area contributed by atoms with Gasteiger partial charge >= 0.3 is 0 Å². The lowest BCUT2D eigenvalue weighted by Gasteiger charge is -2.17.